The molecule has 0 aliphatic carbocycles. The van der Waals surface area contributed by atoms with Crippen molar-refractivity contribution >= 4 is 34.2 Å². The number of hydrogen-bond donors (Lipinski definition) is 1. The van der Waals surface area contributed by atoms with E-state index in [1.165, 1.54) is 6.07 Å². The van der Waals surface area contributed by atoms with Crippen molar-refractivity contribution in [1.29, 1.82) is 0 Å². The van der Waals surface area contributed by atoms with Crippen molar-refractivity contribution in [3.8, 4) is 0 Å². The third-order valence-corrected chi connectivity index (χ3v) is 4.36. The van der Waals surface area contributed by atoms with E-state index in [-0.39, 0.29) is 23.9 Å². The quantitative estimate of drug-likeness (QED) is 0.869. The van der Waals surface area contributed by atoms with Crippen LogP contribution in [0.25, 0.3) is 0 Å². The van der Waals surface area contributed by atoms with Gasteiger partial charge in [-0.15, -0.1) is 12.4 Å². The van der Waals surface area contributed by atoms with Crippen molar-refractivity contribution in [3.63, 3.8) is 0 Å². The molecule has 3 nitrogen and oxygen atoms in total. The fourth-order valence-electron chi connectivity index (χ4n) is 2.61. The summed E-state index contributed by atoms with van der Waals surface area (Å²) in [4.78, 5) is 14.1. The van der Waals surface area contributed by atoms with Gasteiger partial charge in [0.05, 0.1) is 5.56 Å². The third-order valence-electron chi connectivity index (χ3n) is 3.87. The molecule has 0 aromatic heterocycles. The molecule has 1 fully saturated rings. The van der Waals surface area contributed by atoms with Gasteiger partial charge in [0, 0.05) is 17.6 Å². The maximum Gasteiger partial charge on any atom is 0.256 e. The third kappa shape index (κ3) is 4.94. The molecular formula is C15H21BrClFN2O. The van der Waals surface area contributed by atoms with Gasteiger partial charge in [-0.3, -0.25) is 4.79 Å². The van der Waals surface area contributed by atoms with Crippen LogP contribution in [0.3, 0.4) is 0 Å². The normalized spacial score (nSPS) is 15.7. The van der Waals surface area contributed by atoms with E-state index in [9.17, 15) is 9.18 Å². The predicted octanol–water partition coefficient (Wildman–Crippen LogP) is 3.47. The number of amides is 1. The Kier molecular flexibility index (Phi) is 7.63. The van der Waals surface area contributed by atoms with Gasteiger partial charge in [0.1, 0.15) is 5.82 Å². The molecule has 0 radical (unpaired) electrons. The van der Waals surface area contributed by atoms with Crippen LogP contribution in [-0.4, -0.2) is 37.5 Å². The summed E-state index contributed by atoms with van der Waals surface area (Å²) >= 11 is 3.20. The molecule has 1 N–H and O–H groups in total. The number of rotatable bonds is 4. The molecule has 1 aromatic rings. The second kappa shape index (κ2) is 8.71. The summed E-state index contributed by atoms with van der Waals surface area (Å²) in [6.45, 7) is 2.46. The zero-order valence-corrected chi connectivity index (χ0v) is 14.5. The van der Waals surface area contributed by atoms with Crippen LogP contribution in [0.4, 0.5) is 4.39 Å². The second-order valence-corrected chi connectivity index (χ2v) is 6.17. The Labute approximate surface area is 139 Å². The van der Waals surface area contributed by atoms with Gasteiger partial charge >= 0.3 is 0 Å². The summed E-state index contributed by atoms with van der Waals surface area (Å²) in [5.74, 6) is 0.0185. The van der Waals surface area contributed by atoms with E-state index in [0.29, 0.717) is 10.4 Å². The van der Waals surface area contributed by atoms with Crippen LogP contribution in [0.2, 0.25) is 0 Å². The van der Waals surface area contributed by atoms with Crippen LogP contribution in [0.5, 0.6) is 0 Å². The lowest BCUT2D eigenvalue weighted by Crippen LogP contribution is -2.39. The SMILES string of the molecule is CNCCC1CCN(C(=O)c2ccc(Br)cc2F)CC1.Cl. The first-order valence-corrected chi connectivity index (χ1v) is 7.80. The Morgan fingerprint density at radius 2 is 2.10 bits per heavy atom. The average Bonchev–Trinajstić information content (AvgIpc) is 2.45. The maximum absolute atomic E-state index is 13.8. The topological polar surface area (TPSA) is 32.3 Å². The van der Waals surface area contributed by atoms with Crippen LogP contribution >= 0.6 is 28.3 Å². The van der Waals surface area contributed by atoms with Crippen LogP contribution in [-0.2, 0) is 0 Å². The van der Waals surface area contributed by atoms with Crippen LogP contribution < -0.4 is 5.32 Å². The summed E-state index contributed by atoms with van der Waals surface area (Å²) in [7, 11) is 1.95. The first-order valence-electron chi connectivity index (χ1n) is 7.00. The molecule has 118 valence electrons. The van der Waals surface area contributed by atoms with E-state index in [2.05, 4.69) is 21.2 Å². The molecule has 21 heavy (non-hydrogen) atoms. The highest BCUT2D eigenvalue weighted by Gasteiger charge is 2.24. The Morgan fingerprint density at radius 3 is 2.67 bits per heavy atom. The summed E-state index contributed by atoms with van der Waals surface area (Å²) in [5, 5.41) is 3.15. The van der Waals surface area contributed by atoms with E-state index < -0.39 is 5.82 Å². The first kappa shape index (κ1) is 18.4. The summed E-state index contributed by atoms with van der Waals surface area (Å²) in [6.07, 6.45) is 3.16. The van der Waals surface area contributed by atoms with Crippen LogP contribution in [0, 0.1) is 11.7 Å². The molecule has 1 aliphatic heterocycles. The highest BCUT2D eigenvalue weighted by molar-refractivity contribution is 9.10. The van der Waals surface area contributed by atoms with E-state index in [1.807, 2.05) is 7.05 Å². The van der Waals surface area contributed by atoms with E-state index in [4.69, 9.17) is 0 Å². The molecular weight excluding hydrogens is 359 g/mol. The van der Waals surface area contributed by atoms with Crippen molar-refractivity contribution in [2.24, 2.45) is 5.92 Å². The summed E-state index contributed by atoms with van der Waals surface area (Å²) in [6, 6.07) is 4.59. The Morgan fingerprint density at radius 1 is 1.43 bits per heavy atom. The first-order chi connectivity index (χ1) is 9.61. The molecule has 1 amide bonds. The highest BCUT2D eigenvalue weighted by Crippen LogP contribution is 2.23. The van der Waals surface area contributed by atoms with Crippen molar-refractivity contribution in [1.82, 2.24) is 10.2 Å². The molecule has 6 heteroatoms. The molecule has 0 spiro atoms. The summed E-state index contributed by atoms with van der Waals surface area (Å²) in [5.41, 5.74) is 0.168. The van der Waals surface area contributed by atoms with Crippen molar-refractivity contribution in [3.05, 3.63) is 34.1 Å². The number of piperidine rings is 1. The van der Waals surface area contributed by atoms with Gasteiger partial charge in [-0.2, -0.15) is 0 Å². The van der Waals surface area contributed by atoms with Crippen molar-refractivity contribution < 1.29 is 9.18 Å². The lowest BCUT2D eigenvalue weighted by molar-refractivity contribution is 0.0682. The van der Waals surface area contributed by atoms with Gasteiger partial charge in [-0.25, -0.2) is 4.39 Å². The lowest BCUT2D eigenvalue weighted by atomic mass is 9.93. The van der Waals surface area contributed by atoms with E-state index in [1.54, 1.807) is 17.0 Å². The monoisotopic (exact) mass is 378 g/mol. The molecule has 0 unspecified atom stereocenters. The van der Waals surface area contributed by atoms with Gasteiger partial charge in [-0.05, 0) is 57.0 Å². The Balaban J connectivity index is 0.00000220. The number of nitrogens with zero attached hydrogens (tertiary/aromatic N) is 1. The minimum Gasteiger partial charge on any atom is -0.339 e. The molecule has 0 atom stereocenters. The molecule has 1 aromatic carbocycles. The van der Waals surface area contributed by atoms with E-state index >= 15 is 0 Å². The average molecular weight is 380 g/mol. The zero-order chi connectivity index (χ0) is 14.5. The van der Waals surface area contributed by atoms with Crippen LogP contribution in [0.15, 0.2) is 22.7 Å². The fraction of sp³-hybridized carbons (Fsp3) is 0.533. The number of likely N-dealkylation sites (tertiary alicyclic amines) is 1. The van der Waals surface area contributed by atoms with Gasteiger partial charge in [0.25, 0.3) is 5.91 Å². The Bertz CT molecular complexity index is 479. The summed E-state index contributed by atoms with van der Waals surface area (Å²) < 4.78 is 14.5. The fourth-order valence-corrected chi connectivity index (χ4v) is 2.94. The smallest absolute Gasteiger partial charge is 0.256 e. The van der Waals surface area contributed by atoms with Gasteiger partial charge in [-0.1, -0.05) is 15.9 Å². The number of carbonyl (C=O) groups excluding carboxylic acids is 1. The van der Waals surface area contributed by atoms with Gasteiger partial charge in [0.15, 0.2) is 0 Å². The number of benzene rings is 1. The minimum absolute atomic E-state index is 0. The Hall–Kier alpha value is -0.650. The molecule has 0 saturated carbocycles. The van der Waals surface area contributed by atoms with Gasteiger partial charge < -0.3 is 10.2 Å². The molecule has 1 heterocycles. The number of hydrogen-bond acceptors (Lipinski definition) is 2. The molecule has 0 bridgehead atoms. The zero-order valence-electron chi connectivity index (χ0n) is 12.1. The minimum atomic E-state index is -0.457. The van der Waals surface area contributed by atoms with Crippen LogP contribution in [0.1, 0.15) is 29.6 Å². The number of halogens is 3. The maximum atomic E-state index is 13.8. The second-order valence-electron chi connectivity index (χ2n) is 5.25. The van der Waals surface area contributed by atoms with Crippen molar-refractivity contribution in [2.45, 2.75) is 19.3 Å². The van der Waals surface area contributed by atoms with E-state index in [0.717, 1.165) is 38.9 Å². The molecule has 1 aliphatic rings. The molecule has 1 saturated heterocycles. The van der Waals surface area contributed by atoms with Crippen molar-refractivity contribution in [2.75, 3.05) is 26.7 Å². The predicted molar refractivity (Wildman–Crippen MR) is 88.5 cm³/mol. The van der Waals surface area contributed by atoms with Gasteiger partial charge in [0.2, 0.25) is 0 Å². The number of carbonyl (C=O) groups is 1. The largest absolute Gasteiger partial charge is 0.339 e. The number of nitrogens with one attached hydrogen (secondary N) is 1. The lowest BCUT2D eigenvalue weighted by Gasteiger charge is -2.32. The molecule has 2 rings (SSSR count). The standard InChI is InChI=1S/C15H20BrFN2O.ClH/c1-18-7-4-11-5-8-19(9-6-11)15(20)13-3-2-12(16)10-14(13)17;/h2-3,10-11,18H,4-9H2,1H3;1H. The highest BCUT2D eigenvalue weighted by atomic mass is 79.9.